The Morgan fingerprint density at radius 3 is 2.65 bits per heavy atom. The second-order valence-corrected chi connectivity index (χ2v) is 13.6. The van der Waals surface area contributed by atoms with Gasteiger partial charge in [0.25, 0.3) is 5.91 Å². The Kier molecular flexibility index (Phi) is 10.5. The molecule has 1 saturated heterocycles. The van der Waals surface area contributed by atoms with Gasteiger partial charge in [-0.25, -0.2) is 9.67 Å². The Morgan fingerprint density at radius 2 is 1.90 bits per heavy atom. The van der Waals surface area contributed by atoms with Crippen LogP contribution in [0.2, 0.25) is 10.0 Å². The van der Waals surface area contributed by atoms with Gasteiger partial charge in [-0.3, -0.25) is 4.79 Å². The Bertz CT molecular complexity index is 2080. The molecule has 1 unspecified atom stereocenters. The van der Waals surface area contributed by atoms with Crippen LogP contribution in [0.1, 0.15) is 46.9 Å². The van der Waals surface area contributed by atoms with Crippen LogP contribution in [0.25, 0.3) is 16.7 Å². The summed E-state index contributed by atoms with van der Waals surface area (Å²) in [5.74, 6) is 2.06. The molecule has 1 atom stereocenters. The van der Waals surface area contributed by atoms with Gasteiger partial charge < -0.3 is 28.8 Å². The maximum Gasteiger partial charge on any atom is 0.257 e. The van der Waals surface area contributed by atoms with Crippen LogP contribution in [0.4, 0.5) is 5.95 Å². The number of para-hydroxylation sites is 2. The summed E-state index contributed by atoms with van der Waals surface area (Å²) in [7, 11) is 3.36. The zero-order valence-corrected chi connectivity index (χ0v) is 30.0. The fraction of sp³-hybridized carbons (Fsp3) is 0.324. The number of likely N-dealkylation sites (N-methyl/N-ethyl adjacent to an activating group) is 1. The highest BCUT2D eigenvalue weighted by Crippen LogP contribution is 2.31. The number of nitrogens with zero attached hydrogens (tertiary/aromatic N) is 8. The van der Waals surface area contributed by atoms with Gasteiger partial charge in [0.2, 0.25) is 5.95 Å². The van der Waals surface area contributed by atoms with Crippen LogP contribution in [0.3, 0.4) is 0 Å². The van der Waals surface area contributed by atoms with Crippen LogP contribution >= 0.6 is 23.2 Å². The number of amides is 1. The summed E-state index contributed by atoms with van der Waals surface area (Å²) in [4.78, 5) is 23.1. The molecule has 1 fully saturated rings. The van der Waals surface area contributed by atoms with E-state index in [2.05, 4.69) is 36.4 Å². The van der Waals surface area contributed by atoms with Crippen LogP contribution in [0.5, 0.6) is 5.75 Å². The third kappa shape index (κ3) is 7.88. The molecule has 3 aromatic carbocycles. The smallest absolute Gasteiger partial charge is 0.257 e. The van der Waals surface area contributed by atoms with Crippen molar-refractivity contribution in [3.63, 3.8) is 0 Å². The highest BCUT2D eigenvalue weighted by Gasteiger charge is 2.26. The van der Waals surface area contributed by atoms with Crippen molar-refractivity contribution >= 4 is 46.1 Å². The molecule has 1 amide bonds. The van der Waals surface area contributed by atoms with Crippen LogP contribution < -0.4 is 10.1 Å². The Morgan fingerprint density at radius 1 is 1.06 bits per heavy atom. The molecule has 0 spiro atoms. The van der Waals surface area contributed by atoms with Crippen molar-refractivity contribution in [2.24, 2.45) is 0 Å². The van der Waals surface area contributed by atoms with Crippen LogP contribution in [-0.2, 0) is 6.54 Å². The van der Waals surface area contributed by atoms with Crippen LogP contribution in [0.15, 0.2) is 89.8 Å². The quantitative estimate of drug-likeness (QED) is 0.137. The summed E-state index contributed by atoms with van der Waals surface area (Å²) >= 11 is 12.8. The van der Waals surface area contributed by atoms with E-state index in [1.54, 1.807) is 36.5 Å². The normalized spacial score (nSPS) is 14.5. The summed E-state index contributed by atoms with van der Waals surface area (Å²) in [6, 6.07) is 23.4. The van der Waals surface area contributed by atoms with Gasteiger partial charge in [0.1, 0.15) is 17.8 Å². The maximum absolute atomic E-state index is 13.9. The summed E-state index contributed by atoms with van der Waals surface area (Å²) in [5, 5.41) is 16.1. The molecular formula is C37H39Cl2N9O3. The van der Waals surface area contributed by atoms with Gasteiger partial charge in [-0.15, -0.1) is 5.10 Å². The number of carbonyl (C=O) groups excluding carboxylic acids is 1. The molecule has 51 heavy (non-hydrogen) atoms. The number of carbonyl (C=O) groups is 1. The monoisotopic (exact) mass is 727 g/mol. The van der Waals surface area contributed by atoms with E-state index in [0.717, 1.165) is 67.2 Å². The number of aromatic nitrogens is 6. The Labute approximate surface area is 305 Å². The fourth-order valence-corrected chi connectivity index (χ4v) is 7.07. The highest BCUT2D eigenvalue weighted by atomic mass is 35.5. The number of halogens is 2. The van der Waals surface area contributed by atoms with E-state index in [-0.39, 0.29) is 11.8 Å². The third-order valence-electron chi connectivity index (χ3n) is 9.55. The van der Waals surface area contributed by atoms with E-state index in [0.29, 0.717) is 46.2 Å². The van der Waals surface area contributed by atoms with Crippen molar-refractivity contribution in [1.82, 2.24) is 39.6 Å². The fourth-order valence-electron chi connectivity index (χ4n) is 6.76. The summed E-state index contributed by atoms with van der Waals surface area (Å²) in [5.41, 5.74) is 4.15. The van der Waals surface area contributed by atoms with Gasteiger partial charge in [-0.2, -0.15) is 0 Å². The van der Waals surface area contributed by atoms with Gasteiger partial charge in [-0.05, 0) is 96.4 Å². The molecule has 0 radical (unpaired) electrons. The second kappa shape index (κ2) is 15.5. The topological polar surface area (TPSA) is 119 Å². The number of ether oxygens (including phenoxy) is 1. The van der Waals surface area contributed by atoms with Gasteiger partial charge in [-0.1, -0.05) is 41.4 Å². The number of furan rings is 1. The van der Waals surface area contributed by atoms with Gasteiger partial charge in [0.15, 0.2) is 0 Å². The number of fused-ring (bicyclic) bond motifs is 1. The minimum absolute atomic E-state index is 0.0137. The van der Waals surface area contributed by atoms with E-state index in [1.807, 2.05) is 55.6 Å². The minimum Gasteiger partial charge on any atom is -0.496 e. The summed E-state index contributed by atoms with van der Waals surface area (Å²) in [6.07, 6.45) is 5.98. The van der Waals surface area contributed by atoms with Crippen molar-refractivity contribution in [3.05, 3.63) is 112 Å². The van der Waals surface area contributed by atoms with Crippen LogP contribution in [0, 0.1) is 0 Å². The lowest BCUT2D eigenvalue weighted by molar-refractivity contribution is 0.0778. The van der Waals surface area contributed by atoms with Crippen molar-refractivity contribution in [1.29, 1.82) is 0 Å². The lowest BCUT2D eigenvalue weighted by Gasteiger charge is -2.34. The van der Waals surface area contributed by atoms with E-state index in [4.69, 9.17) is 37.3 Å². The largest absolute Gasteiger partial charge is 0.496 e. The van der Waals surface area contributed by atoms with Crippen LogP contribution in [-0.4, -0.2) is 91.8 Å². The van der Waals surface area contributed by atoms with Gasteiger partial charge in [0, 0.05) is 38.6 Å². The molecule has 7 rings (SSSR count). The number of imidazole rings is 1. The number of hydrogen-bond acceptors (Lipinski definition) is 9. The summed E-state index contributed by atoms with van der Waals surface area (Å²) < 4.78 is 14.9. The molecule has 1 aliphatic rings. The summed E-state index contributed by atoms with van der Waals surface area (Å²) in [6.45, 7) is 3.84. The number of anilines is 1. The molecule has 1 N–H and O–H groups in total. The maximum atomic E-state index is 13.9. The number of methoxy groups -OCH3 is 1. The first-order chi connectivity index (χ1) is 24.9. The Hall–Kier alpha value is -4.91. The Balaban J connectivity index is 1.01. The first-order valence-electron chi connectivity index (χ1n) is 16.9. The first kappa shape index (κ1) is 34.5. The molecule has 4 heterocycles. The highest BCUT2D eigenvalue weighted by molar-refractivity contribution is 6.42. The average Bonchev–Trinajstić information content (AvgIpc) is 3.95. The predicted molar refractivity (Wildman–Crippen MR) is 197 cm³/mol. The predicted octanol–water partition coefficient (Wildman–Crippen LogP) is 6.79. The van der Waals surface area contributed by atoms with E-state index in [9.17, 15) is 4.79 Å². The van der Waals surface area contributed by atoms with Gasteiger partial charge in [0.05, 0.1) is 52.2 Å². The molecule has 6 aromatic rings. The molecule has 14 heteroatoms. The van der Waals surface area contributed by atoms with Gasteiger partial charge >= 0.3 is 0 Å². The zero-order chi connectivity index (χ0) is 35.3. The number of likely N-dealkylation sites (tertiary alicyclic amines) is 1. The van der Waals surface area contributed by atoms with Crippen molar-refractivity contribution in [3.8, 4) is 11.4 Å². The average molecular weight is 729 g/mol. The zero-order valence-electron chi connectivity index (χ0n) is 28.5. The third-order valence-corrected chi connectivity index (χ3v) is 10.3. The van der Waals surface area contributed by atoms with Crippen molar-refractivity contribution < 1.29 is 13.9 Å². The van der Waals surface area contributed by atoms with Crippen molar-refractivity contribution in [2.45, 2.75) is 37.8 Å². The number of piperidine rings is 1. The molecule has 1 aliphatic heterocycles. The van der Waals surface area contributed by atoms with E-state index >= 15 is 0 Å². The molecule has 12 nitrogen and oxygen atoms in total. The van der Waals surface area contributed by atoms with Crippen molar-refractivity contribution in [2.75, 3.05) is 45.7 Å². The lowest BCUT2D eigenvalue weighted by atomic mass is 9.94. The standard InChI is InChI=1S/C37H39Cl2N9O3/c1-45(36(49)30-21-28(10-12-35(30)50-2)48-24-40-43-44-48)22-26(25-9-11-31(38)32(39)20-25)13-16-46-17-14-27(15-18-46)41-37-42-33-7-3-4-8-34(33)47(37)23-29-6-5-19-51-29/h3-12,19-21,24,26-27H,13-18,22-23H2,1-2H3,(H,41,42). The number of rotatable bonds is 13. The number of benzene rings is 3. The van der Waals surface area contributed by atoms with E-state index < -0.39 is 0 Å². The molecule has 0 bridgehead atoms. The number of tetrazole rings is 1. The lowest BCUT2D eigenvalue weighted by Crippen LogP contribution is -2.40. The number of nitrogens with one attached hydrogen (secondary N) is 1. The molecular weight excluding hydrogens is 689 g/mol. The molecule has 0 saturated carbocycles. The first-order valence-corrected chi connectivity index (χ1v) is 17.7. The minimum atomic E-state index is -0.170. The molecule has 3 aromatic heterocycles. The molecule has 0 aliphatic carbocycles. The second-order valence-electron chi connectivity index (χ2n) is 12.8. The SMILES string of the molecule is COc1ccc(-n2cnnn2)cc1C(=O)N(C)CC(CCN1CCC(Nc2nc3ccccc3n2Cc2ccco2)CC1)c1ccc(Cl)c(Cl)c1. The van der Waals surface area contributed by atoms with E-state index in [1.165, 1.54) is 11.0 Å². The molecule has 264 valence electrons. The number of hydrogen-bond donors (Lipinski definition) is 1.